The van der Waals surface area contributed by atoms with E-state index in [0.717, 1.165) is 5.56 Å². The van der Waals surface area contributed by atoms with E-state index in [9.17, 15) is 18.3 Å². The Morgan fingerprint density at radius 1 is 0.846 bits per heavy atom. The van der Waals surface area contributed by atoms with E-state index in [0.29, 0.717) is 16.7 Å². The Labute approximate surface area is 148 Å². The van der Waals surface area contributed by atoms with Crippen LogP contribution < -0.4 is 4.74 Å². The third-order valence-electron chi connectivity index (χ3n) is 4.05. The number of aryl methyl sites for hydroxylation is 1. The molecule has 0 radical (unpaired) electrons. The molecule has 0 fully saturated rings. The van der Waals surface area contributed by atoms with Gasteiger partial charge in [0.1, 0.15) is 11.4 Å². The molecule has 2 aromatic carbocycles. The van der Waals surface area contributed by atoms with Crippen molar-refractivity contribution in [3.63, 3.8) is 0 Å². The molecular formula is C20H16F3NO2. The molecule has 0 amide bonds. The Balaban J connectivity index is 2.08. The van der Waals surface area contributed by atoms with Crippen molar-refractivity contribution in [3.8, 4) is 5.75 Å². The van der Waals surface area contributed by atoms with Gasteiger partial charge in [-0.1, -0.05) is 48.0 Å². The van der Waals surface area contributed by atoms with Gasteiger partial charge in [0, 0.05) is 18.0 Å². The van der Waals surface area contributed by atoms with Crippen molar-refractivity contribution in [2.75, 3.05) is 0 Å². The van der Waals surface area contributed by atoms with Gasteiger partial charge < -0.3 is 9.84 Å². The van der Waals surface area contributed by atoms with Gasteiger partial charge in [-0.2, -0.15) is 0 Å². The number of aromatic nitrogens is 1. The van der Waals surface area contributed by atoms with E-state index in [1.54, 1.807) is 30.5 Å². The molecule has 0 aliphatic carbocycles. The first-order valence-corrected chi connectivity index (χ1v) is 7.85. The monoisotopic (exact) mass is 359 g/mol. The van der Waals surface area contributed by atoms with Gasteiger partial charge in [-0.05, 0) is 36.2 Å². The molecule has 1 unspecified atom stereocenters. The SMILES string of the molecule is Cc1ccc(C(O)(c2ccc(OC(F)(F)F)cc2)c2cccnc2)cc1. The average molecular weight is 359 g/mol. The van der Waals surface area contributed by atoms with E-state index in [1.165, 1.54) is 30.5 Å². The zero-order valence-corrected chi connectivity index (χ0v) is 13.9. The number of hydrogen-bond donors (Lipinski definition) is 1. The standard InChI is InChI=1S/C20H16F3NO2/c1-14-4-6-15(7-5-14)19(25,17-3-2-12-24-13-17)16-8-10-18(11-9-16)26-20(21,22)23/h2-13,25H,1H3. The lowest BCUT2D eigenvalue weighted by molar-refractivity contribution is -0.274. The van der Waals surface area contributed by atoms with Gasteiger partial charge >= 0.3 is 6.36 Å². The molecule has 3 aromatic rings. The molecule has 1 heterocycles. The molecule has 134 valence electrons. The minimum atomic E-state index is -4.77. The summed E-state index contributed by atoms with van der Waals surface area (Å²) in [6, 6.07) is 15.9. The van der Waals surface area contributed by atoms with Crippen molar-refractivity contribution in [3.05, 3.63) is 95.3 Å². The van der Waals surface area contributed by atoms with E-state index >= 15 is 0 Å². The van der Waals surface area contributed by atoms with E-state index in [1.807, 2.05) is 19.1 Å². The van der Waals surface area contributed by atoms with Crippen LogP contribution in [0.5, 0.6) is 5.75 Å². The Bertz CT molecular complexity index is 862. The lowest BCUT2D eigenvalue weighted by atomic mass is 9.81. The van der Waals surface area contributed by atoms with Crippen molar-refractivity contribution < 1.29 is 23.0 Å². The van der Waals surface area contributed by atoms with Crippen LogP contribution in [0.3, 0.4) is 0 Å². The third-order valence-corrected chi connectivity index (χ3v) is 4.05. The van der Waals surface area contributed by atoms with Gasteiger partial charge in [-0.25, -0.2) is 0 Å². The zero-order chi connectivity index (χ0) is 18.8. The van der Waals surface area contributed by atoms with E-state index in [2.05, 4.69) is 9.72 Å². The highest BCUT2D eigenvalue weighted by Crippen LogP contribution is 2.37. The van der Waals surface area contributed by atoms with Crippen LogP contribution >= 0.6 is 0 Å². The lowest BCUT2D eigenvalue weighted by Crippen LogP contribution is -2.29. The number of ether oxygens (including phenoxy) is 1. The molecule has 0 spiro atoms. The quantitative estimate of drug-likeness (QED) is 0.742. The van der Waals surface area contributed by atoms with E-state index < -0.39 is 12.0 Å². The topological polar surface area (TPSA) is 42.4 Å². The van der Waals surface area contributed by atoms with Crippen molar-refractivity contribution in [2.24, 2.45) is 0 Å². The maximum absolute atomic E-state index is 12.4. The molecule has 0 aliphatic heterocycles. The van der Waals surface area contributed by atoms with Gasteiger partial charge in [0.05, 0.1) is 0 Å². The molecule has 3 nitrogen and oxygen atoms in total. The van der Waals surface area contributed by atoms with Crippen LogP contribution in [0.2, 0.25) is 0 Å². The summed E-state index contributed by atoms with van der Waals surface area (Å²) < 4.78 is 41.0. The summed E-state index contributed by atoms with van der Waals surface area (Å²) in [4.78, 5) is 4.05. The van der Waals surface area contributed by atoms with Gasteiger partial charge in [-0.3, -0.25) is 4.98 Å². The molecule has 0 saturated heterocycles. The van der Waals surface area contributed by atoms with Crippen LogP contribution in [0, 0.1) is 6.92 Å². The Morgan fingerprint density at radius 2 is 1.42 bits per heavy atom. The molecule has 0 saturated carbocycles. The van der Waals surface area contributed by atoms with Crippen LogP contribution in [0.4, 0.5) is 13.2 Å². The fourth-order valence-corrected chi connectivity index (χ4v) is 2.77. The lowest BCUT2D eigenvalue weighted by Gasteiger charge is -2.30. The number of halogens is 3. The van der Waals surface area contributed by atoms with Crippen molar-refractivity contribution in [2.45, 2.75) is 18.9 Å². The number of pyridine rings is 1. The largest absolute Gasteiger partial charge is 0.573 e. The number of nitrogens with zero attached hydrogens (tertiary/aromatic N) is 1. The maximum atomic E-state index is 12.4. The normalized spacial score (nSPS) is 13.9. The summed E-state index contributed by atoms with van der Waals surface area (Å²) in [7, 11) is 0. The third kappa shape index (κ3) is 3.70. The molecule has 0 aliphatic rings. The summed E-state index contributed by atoms with van der Waals surface area (Å²) in [6.45, 7) is 1.93. The summed E-state index contributed by atoms with van der Waals surface area (Å²) in [5.41, 5.74) is 0.965. The Kier molecular flexibility index (Phi) is 4.70. The summed E-state index contributed by atoms with van der Waals surface area (Å²) in [6.07, 6.45) is -1.66. The smallest absolute Gasteiger partial charge is 0.406 e. The second-order valence-corrected chi connectivity index (χ2v) is 5.89. The number of hydrogen-bond acceptors (Lipinski definition) is 3. The van der Waals surface area contributed by atoms with Gasteiger partial charge in [0.25, 0.3) is 0 Å². The van der Waals surface area contributed by atoms with Crippen LogP contribution in [-0.2, 0) is 5.60 Å². The molecule has 1 N–H and O–H groups in total. The fraction of sp³-hybridized carbons (Fsp3) is 0.150. The number of benzene rings is 2. The number of alkyl halides is 3. The van der Waals surface area contributed by atoms with Crippen LogP contribution in [0.25, 0.3) is 0 Å². The van der Waals surface area contributed by atoms with E-state index in [4.69, 9.17) is 0 Å². The molecule has 6 heteroatoms. The number of rotatable bonds is 4. The van der Waals surface area contributed by atoms with E-state index in [-0.39, 0.29) is 5.75 Å². The van der Waals surface area contributed by atoms with Crippen LogP contribution in [-0.4, -0.2) is 16.5 Å². The first-order valence-electron chi connectivity index (χ1n) is 7.85. The predicted octanol–water partition coefficient (Wildman–Crippen LogP) is 4.57. The number of aliphatic hydroxyl groups is 1. The van der Waals surface area contributed by atoms with Crippen LogP contribution in [0.15, 0.2) is 73.1 Å². The maximum Gasteiger partial charge on any atom is 0.573 e. The van der Waals surface area contributed by atoms with Crippen LogP contribution in [0.1, 0.15) is 22.3 Å². The molecular weight excluding hydrogens is 343 g/mol. The second-order valence-electron chi connectivity index (χ2n) is 5.89. The van der Waals surface area contributed by atoms with Crippen molar-refractivity contribution >= 4 is 0 Å². The van der Waals surface area contributed by atoms with Gasteiger partial charge in [-0.15, -0.1) is 13.2 Å². The highest BCUT2D eigenvalue weighted by molar-refractivity contribution is 5.47. The Hall–Kier alpha value is -2.86. The highest BCUT2D eigenvalue weighted by atomic mass is 19.4. The molecule has 3 rings (SSSR count). The van der Waals surface area contributed by atoms with Gasteiger partial charge in [0.2, 0.25) is 0 Å². The van der Waals surface area contributed by atoms with Gasteiger partial charge in [0.15, 0.2) is 0 Å². The average Bonchev–Trinajstić information content (AvgIpc) is 2.62. The predicted molar refractivity (Wildman–Crippen MR) is 90.6 cm³/mol. The first-order chi connectivity index (χ1) is 12.3. The van der Waals surface area contributed by atoms with Crippen molar-refractivity contribution in [1.29, 1.82) is 0 Å². The zero-order valence-electron chi connectivity index (χ0n) is 13.9. The summed E-state index contributed by atoms with van der Waals surface area (Å²) in [5.74, 6) is -0.348. The minimum Gasteiger partial charge on any atom is -0.406 e. The second kappa shape index (κ2) is 6.80. The summed E-state index contributed by atoms with van der Waals surface area (Å²) in [5, 5.41) is 11.5. The van der Waals surface area contributed by atoms with Crippen molar-refractivity contribution in [1.82, 2.24) is 4.98 Å². The first kappa shape index (κ1) is 17.9. The highest BCUT2D eigenvalue weighted by Gasteiger charge is 2.35. The molecule has 26 heavy (non-hydrogen) atoms. The molecule has 1 atom stereocenters. The Morgan fingerprint density at radius 3 is 1.92 bits per heavy atom. The minimum absolute atomic E-state index is 0.348. The fourth-order valence-electron chi connectivity index (χ4n) is 2.77. The summed E-state index contributed by atoms with van der Waals surface area (Å²) >= 11 is 0. The molecule has 1 aromatic heterocycles. The molecule has 0 bridgehead atoms.